The van der Waals surface area contributed by atoms with Crippen LogP contribution in [0.5, 0.6) is 0 Å². The van der Waals surface area contributed by atoms with Crippen LogP contribution in [0.15, 0.2) is 0 Å². The van der Waals surface area contributed by atoms with E-state index in [0.717, 1.165) is 0 Å². The first-order valence-electron chi connectivity index (χ1n) is 4.90. The zero-order valence-corrected chi connectivity index (χ0v) is 8.83. The largest absolute Gasteiger partial charge is 0.481 e. The molecular formula is C9H14F3NO3. The second-order valence-electron chi connectivity index (χ2n) is 3.89. The van der Waals surface area contributed by atoms with Gasteiger partial charge in [0.1, 0.15) is 0 Å². The number of hydrogen-bond donors (Lipinski definition) is 1. The van der Waals surface area contributed by atoms with Gasteiger partial charge in [0.25, 0.3) is 0 Å². The normalized spacial score (nSPS) is 23.7. The first-order valence-corrected chi connectivity index (χ1v) is 4.90. The predicted octanol–water partition coefficient (Wildman–Crippen LogP) is 0.970. The second-order valence-corrected chi connectivity index (χ2v) is 3.89. The first-order chi connectivity index (χ1) is 7.32. The molecule has 0 aromatic rings. The second kappa shape index (κ2) is 5.01. The molecule has 2 atom stereocenters. The van der Waals surface area contributed by atoms with Gasteiger partial charge in [0, 0.05) is 19.2 Å². The molecule has 1 N–H and O–H groups in total. The standard InChI is InChI=1S/C9H14F3NO3/c1-13(6-2-3-16-5-6)4-7(8(14)15)9(10,11)12/h6-7H,2-5H2,1H3,(H,14,15). The maximum atomic E-state index is 12.4. The third kappa shape index (κ3) is 3.34. The van der Waals surface area contributed by atoms with Crippen LogP contribution in [0, 0.1) is 5.92 Å². The lowest BCUT2D eigenvalue weighted by molar-refractivity contribution is -0.196. The minimum absolute atomic E-state index is 0.121. The SMILES string of the molecule is CN(CC(C(=O)O)C(F)(F)F)C1CCOC1. The highest BCUT2D eigenvalue weighted by atomic mass is 19.4. The molecule has 0 bridgehead atoms. The number of carbonyl (C=O) groups is 1. The van der Waals surface area contributed by atoms with Gasteiger partial charge < -0.3 is 9.84 Å². The lowest BCUT2D eigenvalue weighted by Gasteiger charge is -2.27. The van der Waals surface area contributed by atoms with Gasteiger partial charge in [0.05, 0.1) is 6.61 Å². The summed E-state index contributed by atoms with van der Waals surface area (Å²) in [7, 11) is 1.49. The Kier molecular flexibility index (Phi) is 4.15. The molecule has 1 heterocycles. The molecule has 7 heteroatoms. The summed E-state index contributed by atoms with van der Waals surface area (Å²) < 4.78 is 42.2. The van der Waals surface area contributed by atoms with Gasteiger partial charge in [-0.1, -0.05) is 0 Å². The summed E-state index contributed by atoms with van der Waals surface area (Å²) in [6.07, 6.45) is -4.07. The van der Waals surface area contributed by atoms with Crippen LogP contribution in [-0.4, -0.2) is 55.0 Å². The maximum Gasteiger partial charge on any atom is 0.403 e. The zero-order valence-electron chi connectivity index (χ0n) is 8.83. The van der Waals surface area contributed by atoms with Crippen LogP contribution < -0.4 is 0 Å². The third-order valence-electron chi connectivity index (χ3n) is 2.69. The molecule has 1 aliphatic heterocycles. The lowest BCUT2D eigenvalue weighted by Crippen LogP contribution is -2.43. The van der Waals surface area contributed by atoms with Gasteiger partial charge in [-0.05, 0) is 13.5 Å². The van der Waals surface area contributed by atoms with E-state index in [9.17, 15) is 18.0 Å². The van der Waals surface area contributed by atoms with Crippen LogP contribution in [0.2, 0.25) is 0 Å². The summed E-state index contributed by atoms with van der Waals surface area (Å²) in [5.41, 5.74) is 0. The van der Waals surface area contributed by atoms with E-state index in [1.165, 1.54) is 11.9 Å². The molecule has 1 fully saturated rings. The number of alkyl halides is 3. The molecule has 0 aromatic carbocycles. The molecule has 1 rings (SSSR count). The van der Waals surface area contributed by atoms with Crippen LogP contribution >= 0.6 is 0 Å². The molecule has 1 saturated heterocycles. The van der Waals surface area contributed by atoms with E-state index >= 15 is 0 Å². The number of aliphatic carboxylic acids is 1. The highest BCUT2D eigenvalue weighted by Gasteiger charge is 2.46. The van der Waals surface area contributed by atoms with Gasteiger partial charge in [-0.2, -0.15) is 13.2 Å². The van der Waals surface area contributed by atoms with Crippen molar-refractivity contribution in [3.8, 4) is 0 Å². The van der Waals surface area contributed by atoms with Gasteiger partial charge in [-0.15, -0.1) is 0 Å². The molecule has 0 spiro atoms. The number of halogens is 3. The van der Waals surface area contributed by atoms with Gasteiger partial charge in [0.2, 0.25) is 0 Å². The number of likely N-dealkylation sites (N-methyl/N-ethyl adjacent to an activating group) is 1. The summed E-state index contributed by atoms with van der Waals surface area (Å²) in [6, 6.07) is -0.121. The van der Waals surface area contributed by atoms with Gasteiger partial charge in [-0.3, -0.25) is 9.69 Å². The number of ether oxygens (including phenoxy) is 1. The van der Waals surface area contributed by atoms with Crippen LogP contribution in [0.4, 0.5) is 13.2 Å². The van der Waals surface area contributed by atoms with Gasteiger partial charge >= 0.3 is 12.1 Å². The van der Waals surface area contributed by atoms with Crippen molar-refractivity contribution in [3.63, 3.8) is 0 Å². The molecule has 0 aromatic heterocycles. The predicted molar refractivity (Wildman–Crippen MR) is 49.0 cm³/mol. The first kappa shape index (κ1) is 13.2. The van der Waals surface area contributed by atoms with Crippen molar-refractivity contribution in [3.05, 3.63) is 0 Å². The fourth-order valence-corrected chi connectivity index (χ4v) is 1.63. The van der Waals surface area contributed by atoms with E-state index < -0.39 is 24.6 Å². The highest BCUT2D eigenvalue weighted by molar-refractivity contribution is 5.71. The monoisotopic (exact) mass is 241 g/mol. The fraction of sp³-hybridized carbons (Fsp3) is 0.889. The number of carboxylic acid groups (broad SMARTS) is 1. The lowest BCUT2D eigenvalue weighted by atomic mass is 10.1. The van der Waals surface area contributed by atoms with Gasteiger partial charge in [-0.25, -0.2) is 0 Å². The maximum absolute atomic E-state index is 12.4. The topological polar surface area (TPSA) is 49.8 Å². The van der Waals surface area contributed by atoms with Crippen LogP contribution in [0.3, 0.4) is 0 Å². The number of nitrogens with zero attached hydrogens (tertiary/aromatic N) is 1. The number of carboxylic acids is 1. The molecule has 94 valence electrons. The fourth-order valence-electron chi connectivity index (χ4n) is 1.63. The van der Waals surface area contributed by atoms with Crippen LogP contribution in [0.25, 0.3) is 0 Å². The smallest absolute Gasteiger partial charge is 0.403 e. The van der Waals surface area contributed by atoms with Crippen molar-refractivity contribution in [2.24, 2.45) is 5.92 Å². The van der Waals surface area contributed by atoms with Crippen molar-refractivity contribution < 1.29 is 27.8 Å². The Bertz CT molecular complexity index is 251. The van der Waals surface area contributed by atoms with E-state index in [1.54, 1.807) is 0 Å². The van der Waals surface area contributed by atoms with E-state index in [4.69, 9.17) is 9.84 Å². The molecule has 16 heavy (non-hydrogen) atoms. The van der Waals surface area contributed by atoms with Gasteiger partial charge in [0.15, 0.2) is 5.92 Å². The Morgan fingerprint density at radius 1 is 1.62 bits per heavy atom. The van der Waals surface area contributed by atoms with Crippen LogP contribution in [0.1, 0.15) is 6.42 Å². The summed E-state index contributed by atoms with van der Waals surface area (Å²) >= 11 is 0. The molecule has 4 nitrogen and oxygen atoms in total. The van der Waals surface area contributed by atoms with E-state index in [0.29, 0.717) is 19.6 Å². The summed E-state index contributed by atoms with van der Waals surface area (Å²) in [5, 5.41) is 8.52. The number of rotatable bonds is 4. The zero-order chi connectivity index (χ0) is 12.3. The Morgan fingerprint density at radius 3 is 2.62 bits per heavy atom. The molecular weight excluding hydrogens is 227 g/mol. The summed E-state index contributed by atoms with van der Waals surface area (Å²) in [6.45, 7) is 0.340. The minimum Gasteiger partial charge on any atom is -0.481 e. The molecule has 1 aliphatic rings. The van der Waals surface area contributed by atoms with Crippen molar-refractivity contribution in [2.45, 2.75) is 18.6 Å². The highest BCUT2D eigenvalue weighted by Crippen LogP contribution is 2.28. The molecule has 0 saturated carbocycles. The Hall–Kier alpha value is -0.820. The van der Waals surface area contributed by atoms with Crippen molar-refractivity contribution in [1.82, 2.24) is 4.90 Å². The molecule has 2 unspecified atom stereocenters. The van der Waals surface area contributed by atoms with E-state index in [2.05, 4.69) is 0 Å². The Morgan fingerprint density at radius 2 is 2.25 bits per heavy atom. The average molecular weight is 241 g/mol. The molecule has 0 amide bonds. The Labute approximate surface area is 91.0 Å². The molecule has 0 aliphatic carbocycles. The van der Waals surface area contributed by atoms with Crippen LogP contribution in [-0.2, 0) is 9.53 Å². The molecule has 0 radical (unpaired) electrons. The average Bonchev–Trinajstić information content (AvgIpc) is 2.63. The van der Waals surface area contributed by atoms with E-state index in [-0.39, 0.29) is 6.04 Å². The number of hydrogen-bond acceptors (Lipinski definition) is 3. The quantitative estimate of drug-likeness (QED) is 0.796. The Balaban J connectivity index is 2.57. The van der Waals surface area contributed by atoms with Crippen molar-refractivity contribution in [2.75, 3.05) is 26.8 Å². The third-order valence-corrected chi connectivity index (χ3v) is 2.69. The van der Waals surface area contributed by atoms with Crippen molar-refractivity contribution in [1.29, 1.82) is 0 Å². The van der Waals surface area contributed by atoms with E-state index in [1.807, 2.05) is 0 Å². The minimum atomic E-state index is -4.71. The summed E-state index contributed by atoms with van der Waals surface area (Å²) in [5.74, 6) is -4.17. The van der Waals surface area contributed by atoms with Crippen molar-refractivity contribution >= 4 is 5.97 Å². The summed E-state index contributed by atoms with van der Waals surface area (Å²) in [4.78, 5) is 11.9.